The molecule has 1 fully saturated rings. The van der Waals surface area contributed by atoms with Crippen LogP contribution >= 0.6 is 0 Å². The minimum absolute atomic E-state index is 0.00586. The average Bonchev–Trinajstić information content (AvgIpc) is 2.92. The number of halogens is 3. The van der Waals surface area contributed by atoms with Crippen LogP contribution in [0.3, 0.4) is 0 Å². The Bertz CT molecular complexity index is 1190. The lowest BCUT2D eigenvalue weighted by atomic mass is 9.82. The van der Waals surface area contributed by atoms with E-state index in [0.29, 0.717) is 36.5 Å². The van der Waals surface area contributed by atoms with Crippen LogP contribution in [0.15, 0.2) is 67.3 Å². The van der Waals surface area contributed by atoms with Gasteiger partial charge in [-0.1, -0.05) is 36.4 Å². The first kappa shape index (κ1) is 26.8. The van der Waals surface area contributed by atoms with Crippen molar-refractivity contribution in [3.63, 3.8) is 0 Å². The van der Waals surface area contributed by atoms with Crippen LogP contribution in [0, 0.1) is 17.5 Å². The van der Waals surface area contributed by atoms with E-state index in [0.717, 1.165) is 31.2 Å². The lowest BCUT2D eigenvalue weighted by molar-refractivity contribution is 0.0325. The third-order valence-corrected chi connectivity index (χ3v) is 6.80. The summed E-state index contributed by atoms with van der Waals surface area (Å²) in [5.74, 6) is -1.37. The quantitative estimate of drug-likeness (QED) is 0.192. The topological polar surface area (TPSA) is 27.7 Å². The summed E-state index contributed by atoms with van der Waals surface area (Å²) < 4.78 is 60.9. The molecular formula is C31H33F3O3. The number of rotatable bonds is 11. The molecule has 0 atom stereocenters. The van der Waals surface area contributed by atoms with Gasteiger partial charge in [0.25, 0.3) is 0 Å². The van der Waals surface area contributed by atoms with Crippen LogP contribution in [0.25, 0.3) is 11.1 Å². The van der Waals surface area contributed by atoms with Crippen LogP contribution in [0.4, 0.5) is 13.2 Å². The summed E-state index contributed by atoms with van der Waals surface area (Å²) in [7, 11) is 0. The summed E-state index contributed by atoms with van der Waals surface area (Å²) in [6.45, 7) is 6.54. The average molecular weight is 511 g/mol. The Balaban J connectivity index is 1.36. The van der Waals surface area contributed by atoms with Gasteiger partial charge < -0.3 is 14.2 Å². The van der Waals surface area contributed by atoms with E-state index in [-0.39, 0.29) is 29.9 Å². The van der Waals surface area contributed by atoms with Gasteiger partial charge in [0, 0.05) is 12.2 Å². The Morgan fingerprint density at radius 3 is 2.27 bits per heavy atom. The van der Waals surface area contributed by atoms with Gasteiger partial charge in [-0.2, -0.15) is 0 Å². The zero-order valence-corrected chi connectivity index (χ0v) is 21.2. The highest BCUT2D eigenvalue weighted by molar-refractivity contribution is 5.65. The van der Waals surface area contributed by atoms with Gasteiger partial charge in [-0.25, -0.2) is 13.2 Å². The normalized spacial score (nSPS) is 17.4. The Kier molecular flexibility index (Phi) is 9.29. The molecule has 0 amide bonds. The number of hydrogen-bond donors (Lipinski definition) is 0. The third kappa shape index (κ3) is 6.75. The molecule has 3 aromatic carbocycles. The lowest BCUT2D eigenvalue weighted by Gasteiger charge is -2.29. The van der Waals surface area contributed by atoms with E-state index in [1.807, 2.05) is 6.92 Å². The first-order valence-corrected chi connectivity index (χ1v) is 12.8. The maximum absolute atomic E-state index is 14.9. The molecule has 196 valence electrons. The lowest BCUT2D eigenvalue weighted by Crippen LogP contribution is -2.21. The highest BCUT2D eigenvalue weighted by Gasteiger charge is 2.26. The van der Waals surface area contributed by atoms with Crippen molar-refractivity contribution >= 4 is 0 Å². The molecule has 1 aliphatic carbocycles. The highest BCUT2D eigenvalue weighted by atomic mass is 19.2. The number of ether oxygens (including phenoxy) is 3. The zero-order chi connectivity index (χ0) is 26.2. The molecule has 3 nitrogen and oxygen atoms in total. The predicted octanol–water partition coefficient (Wildman–Crippen LogP) is 8.37. The molecule has 0 bridgehead atoms. The summed E-state index contributed by atoms with van der Waals surface area (Å²) in [5, 5.41) is 0. The standard InChI is InChI=1S/C31H33F3O3/c1-3-5-18-36-29-17-11-23(19-28(29)32)21-6-12-26(13-7-21)37-20-24-10-16-27(31(34)30(24)33)22-8-14-25(15-9-22)35-4-2/h3,6-7,10-13,16-17,19,22,25H,1,4-5,8-9,14-15,18,20H2,2H3. The summed E-state index contributed by atoms with van der Waals surface area (Å²) in [5.41, 5.74) is 2.09. The van der Waals surface area contributed by atoms with E-state index in [1.54, 1.807) is 54.6 Å². The summed E-state index contributed by atoms with van der Waals surface area (Å²) in [4.78, 5) is 0. The van der Waals surface area contributed by atoms with E-state index in [4.69, 9.17) is 14.2 Å². The van der Waals surface area contributed by atoms with Crippen molar-refractivity contribution in [3.8, 4) is 22.6 Å². The Hall–Kier alpha value is -3.25. The Morgan fingerprint density at radius 2 is 1.59 bits per heavy atom. The SMILES string of the molecule is C=CCCOc1ccc(-c2ccc(OCc3ccc(C4CCC(OCC)CC4)c(F)c3F)cc2)cc1F. The van der Waals surface area contributed by atoms with Crippen LogP contribution in [-0.4, -0.2) is 19.3 Å². The smallest absolute Gasteiger partial charge is 0.165 e. The van der Waals surface area contributed by atoms with Crippen LogP contribution in [0.2, 0.25) is 0 Å². The van der Waals surface area contributed by atoms with Gasteiger partial charge in [0.05, 0.1) is 12.7 Å². The molecule has 0 saturated heterocycles. The maximum atomic E-state index is 14.9. The van der Waals surface area contributed by atoms with Crippen molar-refractivity contribution < 1.29 is 27.4 Å². The van der Waals surface area contributed by atoms with Crippen LogP contribution in [0.5, 0.6) is 11.5 Å². The zero-order valence-electron chi connectivity index (χ0n) is 21.2. The summed E-state index contributed by atoms with van der Waals surface area (Å²) in [6, 6.07) is 15.1. The van der Waals surface area contributed by atoms with E-state index >= 15 is 0 Å². The third-order valence-electron chi connectivity index (χ3n) is 6.80. The first-order valence-electron chi connectivity index (χ1n) is 12.8. The molecule has 1 saturated carbocycles. The molecular weight excluding hydrogens is 477 g/mol. The second kappa shape index (κ2) is 12.8. The molecule has 0 radical (unpaired) electrons. The van der Waals surface area contributed by atoms with Crippen molar-refractivity contribution in [2.45, 2.75) is 57.7 Å². The van der Waals surface area contributed by atoms with Gasteiger partial charge in [-0.05, 0) is 85.9 Å². The molecule has 3 aromatic rings. The fourth-order valence-corrected chi connectivity index (χ4v) is 4.76. The molecule has 0 spiro atoms. The molecule has 0 unspecified atom stereocenters. The second-order valence-electron chi connectivity index (χ2n) is 9.25. The molecule has 0 aromatic heterocycles. The molecule has 0 N–H and O–H groups in total. The van der Waals surface area contributed by atoms with Gasteiger partial charge in [0.2, 0.25) is 0 Å². The predicted molar refractivity (Wildman–Crippen MR) is 139 cm³/mol. The minimum Gasteiger partial charge on any atom is -0.490 e. The fourth-order valence-electron chi connectivity index (χ4n) is 4.76. The summed E-state index contributed by atoms with van der Waals surface area (Å²) in [6.07, 6.45) is 5.87. The monoisotopic (exact) mass is 510 g/mol. The fraction of sp³-hybridized carbons (Fsp3) is 0.355. The van der Waals surface area contributed by atoms with Gasteiger partial charge in [-0.3, -0.25) is 0 Å². The van der Waals surface area contributed by atoms with Crippen molar-refractivity contribution in [1.82, 2.24) is 0 Å². The molecule has 37 heavy (non-hydrogen) atoms. The van der Waals surface area contributed by atoms with Gasteiger partial charge >= 0.3 is 0 Å². The molecule has 0 aliphatic heterocycles. The maximum Gasteiger partial charge on any atom is 0.165 e. The van der Waals surface area contributed by atoms with Gasteiger partial charge in [0.15, 0.2) is 23.2 Å². The van der Waals surface area contributed by atoms with E-state index in [9.17, 15) is 13.2 Å². The highest BCUT2D eigenvalue weighted by Crippen LogP contribution is 2.36. The van der Waals surface area contributed by atoms with Crippen molar-refractivity contribution in [1.29, 1.82) is 0 Å². The second-order valence-corrected chi connectivity index (χ2v) is 9.25. The van der Waals surface area contributed by atoms with Gasteiger partial charge in [-0.15, -0.1) is 6.58 Å². The van der Waals surface area contributed by atoms with Crippen molar-refractivity contribution in [2.75, 3.05) is 13.2 Å². The Morgan fingerprint density at radius 1 is 0.865 bits per heavy atom. The van der Waals surface area contributed by atoms with E-state index in [1.165, 1.54) is 6.07 Å². The van der Waals surface area contributed by atoms with Gasteiger partial charge in [0.1, 0.15) is 12.4 Å². The number of benzene rings is 3. The molecule has 1 aliphatic rings. The molecule has 6 heteroatoms. The molecule has 4 rings (SSSR count). The van der Waals surface area contributed by atoms with Crippen LogP contribution in [-0.2, 0) is 11.3 Å². The minimum atomic E-state index is -0.855. The largest absolute Gasteiger partial charge is 0.490 e. The molecule has 0 heterocycles. The summed E-state index contributed by atoms with van der Waals surface area (Å²) >= 11 is 0. The Labute approximate surface area is 216 Å². The van der Waals surface area contributed by atoms with E-state index < -0.39 is 17.5 Å². The van der Waals surface area contributed by atoms with Crippen LogP contribution < -0.4 is 9.47 Å². The van der Waals surface area contributed by atoms with Crippen LogP contribution in [0.1, 0.15) is 56.1 Å². The van der Waals surface area contributed by atoms with E-state index in [2.05, 4.69) is 6.58 Å². The van der Waals surface area contributed by atoms with Crippen molar-refractivity contribution in [2.24, 2.45) is 0 Å². The first-order chi connectivity index (χ1) is 18.0. The number of hydrogen-bond acceptors (Lipinski definition) is 3. The van der Waals surface area contributed by atoms with Crippen molar-refractivity contribution in [3.05, 3.63) is 95.8 Å².